The molecule has 8 nitrogen and oxygen atoms in total. The van der Waals surface area contributed by atoms with Gasteiger partial charge < -0.3 is 10.4 Å². The average Bonchev–Trinajstić information content (AvgIpc) is 2.79. The summed E-state index contributed by atoms with van der Waals surface area (Å²) in [5.74, 6) is -0.482. The molecule has 0 saturated carbocycles. The van der Waals surface area contributed by atoms with Crippen LogP contribution in [0.25, 0.3) is 0 Å². The molecule has 0 unspecified atom stereocenters. The second kappa shape index (κ2) is 12.4. The van der Waals surface area contributed by atoms with E-state index in [4.69, 9.17) is 0 Å². The van der Waals surface area contributed by atoms with E-state index in [0.717, 1.165) is 32.1 Å². The Hall–Kier alpha value is -3.47. The van der Waals surface area contributed by atoms with Gasteiger partial charge in [-0.05, 0) is 44.0 Å². The number of carbonyl (C=O) groups excluding carboxylic acids is 1. The Kier molecular flexibility index (Phi) is 9.61. The van der Waals surface area contributed by atoms with Gasteiger partial charge in [0.25, 0.3) is 11.5 Å². The van der Waals surface area contributed by atoms with E-state index in [1.807, 2.05) is 6.07 Å². The molecule has 1 aromatic carbocycles. The third-order valence-electron chi connectivity index (χ3n) is 5.22. The van der Waals surface area contributed by atoms with E-state index in [-0.39, 0.29) is 28.6 Å². The first kappa shape index (κ1) is 24.8. The summed E-state index contributed by atoms with van der Waals surface area (Å²) in [6.45, 7) is 6.65. The second-order valence-electron chi connectivity index (χ2n) is 7.66. The molecular formula is C24H31N5O3. The van der Waals surface area contributed by atoms with E-state index < -0.39 is 5.56 Å². The first-order chi connectivity index (χ1) is 15.4. The van der Waals surface area contributed by atoms with E-state index in [9.17, 15) is 20.0 Å². The zero-order valence-corrected chi connectivity index (χ0v) is 19.0. The van der Waals surface area contributed by atoms with Crippen LogP contribution in [0, 0.1) is 18.3 Å². The van der Waals surface area contributed by atoms with E-state index in [1.165, 1.54) is 4.57 Å². The molecule has 32 heavy (non-hydrogen) atoms. The quantitative estimate of drug-likeness (QED) is 0.368. The van der Waals surface area contributed by atoms with Crippen molar-refractivity contribution in [1.29, 1.82) is 5.26 Å². The van der Waals surface area contributed by atoms with Gasteiger partial charge in [-0.15, -0.1) is 5.11 Å². The predicted octanol–water partition coefficient (Wildman–Crippen LogP) is 5.26. The molecule has 0 spiro atoms. The largest absolute Gasteiger partial charge is 0.493 e. The van der Waals surface area contributed by atoms with Crippen molar-refractivity contribution < 1.29 is 9.90 Å². The first-order valence-electron chi connectivity index (χ1n) is 11.1. The van der Waals surface area contributed by atoms with Gasteiger partial charge in [-0.1, -0.05) is 39.5 Å². The van der Waals surface area contributed by atoms with E-state index in [2.05, 4.69) is 29.4 Å². The molecule has 8 heteroatoms. The fraction of sp³-hybridized carbons (Fsp3) is 0.458. The lowest BCUT2D eigenvalue weighted by atomic mass is 10.1. The monoisotopic (exact) mass is 437 g/mol. The maximum absolute atomic E-state index is 12.9. The van der Waals surface area contributed by atoms with Crippen molar-refractivity contribution in [2.24, 2.45) is 10.2 Å². The number of benzene rings is 1. The first-order valence-corrected chi connectivity index (χ1v) is 11.1. The van der Waals surface area contributed by atoms with Crippen molar-refractivity contribution in [1.82, 2.24) is 9.88 Å². The Bertz CT molecular complexity index is 1050. The van der Waals surface area contributed by atoms with Crippen LogP contribution >= 0.6 is 0 Å². The summed E-state index contributed by atoms with van der Waals surface area (Å²) in [6, 6.07) is 8.53. The summed E-state index contributed by atoms with van der Waals surface area (Å²) >= 11 is 0. The highest BCUT2D eigenvalue weighted by molar-refractivity contribution is 5.94. The zero-order valence-electron chi connectivity index (χ0n) is 19.0. The summed E-state index contributed by atoms with van der Waals surface area (Å²) in [4.78, 5) is 25.0. The minimum Gasteiger partial charge on any atom is -0.493 e. The van der Waals surface area contributed by atoms with Gasteiger partial charge in [0.1, 0.15) is 11.6 Å². The molecule has 1 aromatic heterocycles. The highest BCUT2D eigenvalue weighted by Gasteiger charge is 2.19. The highest BCUT2D eigenvalue weighted by Crippen LogP contribution is 2.27. The summed E-state index contributed by atoms with van der Waals surface area (Å²) in [7, 11) is 0. The number of hydrogen-bond donors (Lipinski definition) is 2. The zero-order chi connectivity index (χ0) is 23.5. The molecule has 1 heterocycles. The lowest BCUT2D eigenvalue weighted by molar-refractivity contribution is 0.0953. The number of aromatic hydroxyl groups is 1. The molecule has 2 aromatic rings. The van der Waals surface area contributed by atoms with Gasteiger partial charge in [-0.25, -0.2) is 0 Å². The molecule has 0 bridgehead atoms. The number of amides is 1. The highest BCUT2D eigenvalue weighted by atomic mass is 16.3. The van der Waals surface area contributed by atoms with E-state index in [0.29, 0.717) is 30.8 Å². The number of pyridine rings is 1. The van der Waals surface area contributed by atoms with Crippen LogP contribution in [0.1, 0.15) is 73.9 Å². The number of azo groups is 1. The number of carbonyl (C=O) groups is 1. The van der Waals surface area contributed by atoms with Crippen molar-refractivity contribution in [3.05, 3.63) is 51.3 Å². The summed E-state index contributed by atoms with van der Waals surface area (Å²) < 4.78 is 1.19. The van der Waals surface area contributed by atoms with Crippen LogP contribution in [-0.2, 0) is 6.54 Å². The normalized spacial score (nSPS) is 10.9. The third-order valence-corrected chi connectivity index (χ3v) is 5.22. The van der Waals surface area contributed by atoms with Gasteiger partial charge in [0.2, 0.25) is 5.88 Å². The van der Waals surface area contributed by atoms with Gasteiger partial charge in [0, 0.05) is 24.2 Å². The van der Waals surface area contributed by atoms with Gasteiger partial charge >= 0.3 is 0 Å². The molecule has 0 radical (unpaired) electrons. The van der Waals surface area contributed by atoms with Crippen LogP contribution < -0.4 is 10.9 Å². The third kappa shape index (κ3) is 6.27. The fourth-order valence-electron chi connectivity index (χ4n) is 3.23. The minimum absolute atomic E-state index is 0.0214. The molecule has 2 rings (SSSR count). The summed E-state index contributed by atoms with van der Waals surface area (Å²) in [5.41, 5.74) is 0.836. The van der Waals surface area contributed by atoms with Crippen LogP contribution in [0.2, 0.25) is 0 Å². The molecule has 0 aliphatic carbocycles. The van der Waals surface area contributed by atoms with Crippen molar-refractivity contribution in [3.63, 3.8) is 0 Å². The van der Waals surface area contributed by atoms with Gasteiger partial charge in [-0.2, -0.15) is 10.4 Å². The van der Waals surface area contributed by atoms with Crippen molar-refractivity contribution in [2.45, 2.75) is 65.8 Å². The van der Waals surface area contributed by atoms with Crippen LogP contribution in [0.3, 0.4) is 0 Å². The Balaban J connectivity index is 2.26. The van der Waals surface area contributed by atoms with Crippen LogP contribution in [-0.4, -0.2) is 22.1 Å². The SMILES string of the molecule is CCCCCCn1c(O)c(C#N)c(C)c(N=Nc2ccc(C(=O)NCCCC)cc2)c1=O. The topological polar surface area (TPSA) is 120 Å². The fourth-order valence-corrected chi connectivity index (χ4v) is 3.23. The lowest BCUT2D eigenvalue weighted by Gasteiger charge is -2.12. The van der Waals surface area contributed by atoms with Crippen LogP contribution in [0.4, 0.5) is 11.4 Å². The minimum atomic E-state index is -0.480. The molecule has 0 saturated heterocycles. The molecule has 0 atom stereocenters. The number of nitrogens with one attached hydrogen (secondary N) is 1. The smallest absolute Gasteiger partial charge is 0.281 e. The van der Waals surface area contributed by atoms with Crippen molar-refractivity contribution in [2.75, 3.05) is 6.54 Å². The predicted molar refractivity (Wildman–Crippen MR) is 124 cm³/mol. The van der Waals surface area contributed by atoms with Gasteiger partial charge in [-0.3, -0.25) is 14.2 Å². The van der Waals surface area contributed by atoms with Crippen LogP contribution in [0.15, 0.2) is 39.3 Å². The second-order valence-corrected chi connectivity index (χ2v) is 7.66. The molecular weight excluding hydrogens is 406 g/mol. The molecule has 1 amide bonds. The Morgan fingerprint density at radius 3 is 2.41 bits per heavy atom. The van der Waals surface area contributed by atoms with E-state index >= 15 is 0 Å². The number of hydrogen-bond acceptors (Lipinski definition) is 6. The average molecular weight is 438 g/mol. The molecule has 170 valence electrons. The standard InChI is InChI=1S/C24H31N5O3/c1-4-6-8-9-15-29-23(31)20(16-25)17(3)21(24(29)32)28-27-19-12-10-18(11-13-19)22(30)26-14-7-5-2/h10-13,31H,4-9,14-15H2,1-3H3,(H,26,30). The molecule has 0 aliphatic rings. The number of nitrogens with zero attached hydrogens (tertiary/aromatic N) is 4. The van der Waals surface area contributed by atoms with E-state index in [1.54, 1.807) is 31.2 Å². The van der Waals surface area contributed by atoms with Crippen LogP contribution in [0.5, 0.6) is 5.88 Å². The maximum Gasteiger partial charge on any atom is 0.281 e. The number of rotatable bonds is 11. The molecule has 2 N–H and O–H groups in total. The van der Waals surface area contributed by atoms with Crippen molar-refractivity contribution >= 4 is 17.3 Å². The molecule has 0 fully saturated rings. The summed E-state index contributed by atoms with van der Waals surface area (Å²) in [6.07, 6.45) is 5.65. The van der Waals surface area contributed by atoms with Crippen molar-refractivity contribution in [3.8, 4) is 11.9 Å². The number of unbranched alkanes of at least 4 members (excludes halogenated alkanes) is 4. The number of aromatic nitrogens is 1. The Labute approximate surface area is 188 Å². The molecule has 0 aliphatic heterocycles. The maximum atomic E-state index is 12.9. The Morgan fingerprint density at radius 1 is 1.09 bits per heavy atom. The Morgan fingerprint density at radius 2 is 1.78 bits per heavy atom. The lowest BCUT2D eigenvalue weighted by Crippen LogP contribution is -2.24. The van der Waals surface area contributed by atoms with Gasteiger partial charge in [0.05, 0.1) is 5.69 Å². The number of nitriles is 1. The summed E-state index contributed by atoms with van der Waals surface area (Å²) in [5, 5.41) is 30.9. The van der Waals surface area contributed by atoms with Gasteiger partial charge in [0.15, 0.2) is 5.69 Å².